The third-order valence-electron chi connectivity index (χ3n) is 1.91. The Morgan fingerprint density at radius 3 is 2.75 bits per heavy atom. The molecule has 0 amide bonds. The van der Waals surface area contributed by atoms with Crippen LogP contribution in [-0.4, -0.2) is 29.6 Å². The first-order chi connectivity index (χ1) is 5.59. The molecule has 1 N–H and O–H groups in total. The molecule has 70 valence electrons. The summed E-state index contributed by atoms with van der Waals surface area (Å²) in [7, 11) is 0. The van der Waals surface area contributed by atoms with Crippen molar-refractivity contribution in [1.82, 2.24) is 0 Å². The van der Waals surface area contributed by atoms with Crippen LogP contribution < -0.4 is 0 Å². The van der Waals surface area contributed by atoms with Gasteiger partial charge in [-0.25, -0.2) is 0 Å². The molecular weight excluding hydrogens is 160 g/mol. The van der Waals surface area contributed by atoms with Gasteiger partial charge < -0.3 is 14.6 Å². The summed E-state index contributed by atoms with van der Waals surface area (Å²) in [6.07, 6.45) is 0.0832. The van der Waals surface area contributed by atoms with Crippen molar-refractivity contribution in [3.63, 3.8) is 0 Å². The van der Waals surface area contributed by atoms with Crippen LogP contribution in [0.25, 0.3) is 0 Å². The molecule has 1 aliphatic rings. The van der Waals surface area contributed by atoms with E-state index in [0.717, 1.165) is 0 Å². The third-order valence-corrected chi connectivity index (χ3v) is 1.91. The van der Waals surface area contributed by atoms with E-state index in [-0.39, 0.29) is 18.2 Å². The number of carbonyl (C=O) groups is 1. The van der Waals surface area contributed by atoms with Crippen molar-refractivity contribution in [3.8, 4) is 0 Å². The van der Waals surface area contributed by atoms with Crippen molar-refractivity contribution in [3.05, 3.63) is 0 Å². The Labute approximate surface area is 71.5 Å². The van der Waals surface area contributed by atoms with Crippen LogP contribution in [0.2, 0.25) is 0 Å². The molecule has 12 heavy (non-hydrogen) atoms. The zero-order chi connectivity index (χ0) is 9.14. The van der Waals surface area contributed by atoms with Gasteiger partial charge in [0.1, 0.15) is 6.10 Å². The van der Waals surface area contributed by atoms with Gasteiger partial charge in [0.05, 0.1) is 6.10 Å². The summed E-state index contributed by atoms with van der Waals surface area (Å²) >= 11 is 0. The number of hydrogen-bond acceptors (Lipinski definition) is 4. The lowest BCUT2D eigenvalue weighted by atomic mass is 10.1. The Morgan fingerprint density at radius 2 is 2.25 bits per heavy atom. The molecule has 1 saturated heterocycles. The maximum atomic E-state index is 10.6. The monoisotopic (exact) mass is 174 g/mol. The summed E-state index contributed by atoms with van der Waals surface area (Å²) in [5, 5.41) is 9.07. The lowest BCUT2D eigenvalue weighted by Gasteiger charge is -2.31. The summed E-state index contributed by atoms with van der Waals surface area (Å²) in [5.74, 6) is -0.299. The predicted octanol–water partition coefficient (Wildman–Crippen LogP) is 0.435. The van der Waals surface area contributed by atoms with E-state index in [9.17, 15) is 4.79 Å². The van der Waals surface area contributed by atoms with Crippen molar-refractivity contribution >= 4 is 5.97 Å². The summed E-state index contributed by atoms with van der Waals surface area (Å²) in [6.45, 7) is 3.16. The van der Waals surface area contributed by atoms with E-state index in [1.54, 1.807) is 6.92 Å². The minimum atomic E-state index is -0.702. The van der Waals surface area contributed by atoms with E-state index in [1.165, 1.54) is 6.92 Å². The van der Waals surface area contributed by atoms with Gasteiger partial charge in [0, 0.05) is 13.3 Å². The molecule has 0 aromatic heterocycles. The maximum absolute atomic E-state index is 10.6. The standard InChI is InChI=1S/C8H14O4/c1-5-7(12-6(2)9)3-4-8(10)11-5/h5,7-8,10H,3-4H2,1-2H3/t5-,7-,8-/m0/s1. The van der Waals surface area contributed by atoms with Gasteiger partial charge in [0.25, 0.3) is 0 Å². The molecule has 1 heterocycles. The molecule has 4 heteroatoms. The Bertz CT molecular complexity index is 168. The number of ether oxygens (including phenoxy) is 2. The second-order valence-electron chi connectivity index (χ2n) is 3.02. The minimum Gasteiger partial charge on any atom is -0.460 e. The normalized spacial score (nSPS) is 36.1. The Morgan fingerprint density at radius 1 is 1.58 bits per heavy atom. The van der Waals surface area contributed by atoms with E-state index in [0.29, 0.717) is 12.8 Å². The predicted molar refractivity (Wildman–Crippen MR) is 41.3 cm³/mol. The lowest BCUT2D eigenvalue weighted by Crippen LogP contribution is -2.39. The van der Waals surface area contributed by atoms with Crippen molar-refractivity contribution in [2.75, 3.05) is 0 Å². The van der Waals surface area contributed by atoms with E-state index < -0.39 is 6.29 Å². The average molecular weight is 174 g/mol. The zero-order valence-corrected chi connectivity index (χ0v) is 7.32. The van der Waals surface area contributed by atoms with E-state index in [1.807, 2.05) is 0 Å². The summed E-state index contributed by atoms with van der Waals surface area (Å²) in [5.41, 5.74) is 0. The van der Waals surface area contributed by atoms with Crippen molar-refractivity contribution in [1.29, 1.82) is 0 Å². The topological polar surface area (TPSA) is 55.8 Å². The molecular formula is C8H14O4. The molecule has 3 atom stereocenters. The highest BCUT2D eigenvalue weighted by Crippen LogP contribution is 2.20. The molecule has 0 aromatic carbocycles. The molecule has 0 aromatic rings. The number of rotatable bonds is 1. The van der Waals surface area contributed by atoms with Crippen LogP contribution in [0.1, 0.15) is 26.7 Å². The lowest BCUT2D eigenvalue weighted by molar-refractivity contribution is -0.205. The average Bonchev–Trinajstić information content (AvgIpc) is 1.94. The summed E-state index contributed by atoms with van der Waals surface area (Å²) in [6, 6.07) is 0. The van der Waals surface area contributed by atoms with Gasteiger partial charge in [-0.2, -0.15) is 0 Å². The fourth-order valence-corrected chi connectivity index (χ4v) is 1.31. The quantitative estimate of drug-likeness (QED) is 0.586. The maximum Gasteiger partial charge on any atom is 0.302 e. The highest BCUT2D eigenvalue weighted by Gasteiger charge is 2.28. The fraction of sp³-hybridized carbons (Fsp3) is 0.875. The minimum absolute atomic E-state index is 0.203. The SMILES string of the molecule is CC(=O)O[C@H]1CC[C@@H](O)O[C@H]1C. The van der Waals surface area contributed by atoms with Crippen LogP contribution >= 0.6 is 0 Å². The van der Waals surface area contributed by atoms with Crippen LogP contribution in [0.3, 0.4) is 0 Å². The first-order valence-corrected chi connectivity index (χ1v) is 4.10. The van der Waals surface area contributed by atoms with Gasteiger partial charge >= 0.3 is 5.97 Å². The first-order valence-electron chi connectivity index (χ1n) is 4.10. The van der Waals surface area contributed by atoms with Gasteiger partial charge in [-0.3, -0.25) is 4.79 Å². The summed E-state index contributed by atoms with van der Waals surface area (Å²) in [4.78, 5) is 10.6. The van der Waals surface area contributed by atoms with E-state index >= 15 is 0 Å². The van der Waals surface area contributed by atoms with Gasteiger partial charge in [0.15, 0.2) is 6.29 Å². The van der Waals surface area contributed by atoms with Crippen LogP contribution in [0.5, 0.6) is 0 Å². The van der Waals surface area contributed by atoms with Gasteiger partial charge in [0.2, 0.25) is 0 Å². The van der Waals surface area contributed by atoms with E-state index in [4.69, 9.17) is 14.6 Å². The molecule has 0 bridgehead atoms. The second kappa shape index (κ2) is 3.87. The first kappa shape index (κ1) is 9.48. The summed E-state index contributed by atoms with van der Waals surface area (Å²) < 4.78 is 10.1. The Kier molecular flexibility index (Phi) is 3.05. The fourth-order valence-electron chi connectivity index (χ4n) is 1.31. The zero-order valence-electron chi connectivity index (χ0n) is 7.32. The second-order valence-corrected chi connectivity index (χ2v) is 3.02. The molecule has 1 fully saturated rings. The molecule has 0 spiro atoms. The van der Waals surface area contributed by atoms with Crippen molar-refractivity contribution in [2.45, 2.75) is 45.2 Å². The smallest absolute Gasteiger partial charge is 0.302 e. The molecule has 0 unspecified atom stereocenters. The van der Waals surface area contributed by atoms with Gasteiger partial charge in [-0.1, -0.05) is 0 Å². The third kappa shape index (κ3) is 2.46. The largest absolute Gasteiger partial charge is 0.460 e. The van der Waals surface area contributed by atoms with Crippen LogP contribution in [0.15, 0.2) is 0 Å². The number of aliphatic hydroxyl groups is 1. The van der Waals surface area contributed by atoms with Gasteiger partial charge in [-0.15, -0.1) is 0 Å². The number of esters is 1. The molecule has 0 aliphatic carbocycles. The highest BCUT2D eigenvalue weighted by molar-refractivity contribution is 5.66. The highest BCUT2D eigenvalue weighted by atomic mass is 16.6. The molecule has 0 radical (unpaired) electrons. The molecule has 0 saturated carbocycles. The van der Waals surface area contributed by atoms with Crippen molar-refractivity contribution < 1.29 is 19.4 Å². The number of carbonyl (C=O) groups excluding carboxylic acids is 1. The molecule has 1 aliphatic heterocycles. The van der Waals surface area contributed by atoms with E-state index in [2.05, 4.69) is 0 Å². The molecule has 1 rings (SSSR count). The Balaban J connectivity index is 2.39. The van der Waals surface area contributed by atoms with Crippen molar-refractivity contribution in [2.24, 2.45) is 0 Å². The van der Waals surface area contributed by atoms with Crippen LogP contribution in [0, 0.1) is 0 Å². The van der Waals surface area contributed by atoms with Gasteiger partial charge in [-0.05, 0) is 13.3 Å². The Hall–Kier alpha value is -0.610. The van der Waals surface area contributed by atoms with Crippen LogP contribution in [0.4, 0.5) is 0 Å². The van der Waals surface area contributed by atoms with Crippen LogP contribution in [-0.2, 0) is 14.3 Å². The molecule has 4 nitrogen and oxygen atoms in total. The number of aliphatic hydroxyl groups excluding tert-OH is 1. The number of hydrogen-bond donors (Lipinski definition) is 1.